The number of esters is 1. The van der Waals surface area contributed by atoms with Crippen LogP contribution in [0.3, 0.4) is 0 Å². The molecule has 13 heteroatoms. The molecule has 3 heterocycles. The molecule has 0 aromatic rings. The summed E-state index contributed by atoms with van der Waals surface area (Å²) in [6.45, 7) is 20.7. The number of aliphatic hydroxyl groups excluding tert-OH is 2. The van der Waals surface area contributed by atoms with Gasteiger partial charge in [-0.3, -0.25) is 4.79 Å². The van der Waals surface area contributed by atoms with E-state index < -0.39 is 89.9 Å². The number of nitrogens with zero attached hydrogens (tertiary/aromatic N) is 2. The zero-order valence-corrected chi connectivity index (χ0v) is 34.7. The normalized spacial score (nSPS) is 49.6. The number of hydrogen-bond acceptors (Lipinski definition) is 13. The van der Waals surface area contributed by atoms with Crippen LogP contribution in [0.4, 0.5) is 0 Å². The summed E-state index contributed by atoms with van der Waals surface area (Å²) in [4.78, 5) is 18.4. The third-order valence-corrected chi connectivity index (χ3v) is 12.6. The fraction of sp³-hybridized carbons (Fsp3) is 0.974. The fourth-order valence-electron chi connectivity index (χ4n) is 9.06. The first-order valence-electron chi connectivity index (χ1n) is 19.5. The first-order chi connectivity index (χ1) is 23.9. The number of rotatable bonds is 7. The van der Waals surface area contributed by atoms with Crippen molar-refractivity contribution < 1.29 is 53.6 Å². The molecule has 4 N–H and O–H groups in total. The molecule has 3 saturated heterocycles. The van der Waals surface area contributed by atoms with Gasteiger partial charge < -0.3 is 58.6 Å². The maximum Gasteiger partial charge on any atom is 0.311 e. The summed E-state index contributed by atoms with van der Waals surface area (Å²) in [5.74, 6) is -2.34. The first kappa shape index (κ1) is 45.4. The first-order valence-corrected chi connectivity index (χ1v) is 19.5. The Morgan fingerprint density at radius 2 is 1.54 bits per heavy atom. The van der Waals surface area contributed by atoms with E-state index in [2.05, 4.69) is 11.8 Å². The van der Waals surface area contributed by atoms with Crippen LogP contribution in [0.25, 0.3) is 0 Å². The van der Waals surface area contributed by atoms with Crippen LogP contribution in [0.1, 0.15) is 102 Å². The number of cyclic esters (lactones) is 1. The molecule has 0 aromatic carbocycles. The molecule has 0 aromatic heterocycles. The average molecular weight is 747 g/mol. The van der Waals surface area contributed by atoms with Gasteiger partial charge >= 0.3 is 5.97 Å². The van der Waals surface area contributed by atoms with Gasteiger partial charge in [0.2, 0.25) is 0 Å². The Hall–Kier alpha value is -0.970. The second-order valence-electron chi connectivity index (χ2n) is 17.5. The maximum atomic E-state index is 14.2. The third kappa shape index (κ3) is 10.1. The number of carbonyl (C=O) groups is 1. The third-order valence-electron chi connectivity index (χ3n) is 12.6. The molecular formula is C39H74N2O11. The SMILES string of the molecule is CC[C@H]1OC(=O)[C@H](C)[C@@H](O[C@H]2C[C@@](C)(OC)[C@@H](O)[C@H](C)O2)[C@H](C)[C@@H](O[C@@H]2O[C@H](C)CC(N(C)C)[C@H]2C)[C@](C)(O)C[C@@H](C)CN(C)[C@H](C)[C@@H](O)[C@]1(C)O. The smallest absolute Gasteiger partial charge is 0.311 e. The number of methoxy groups -OCH3 is 1. The zero-order chi connectivity index (χ0) is 39.7. The van der Waals surface area contributed by atoms with Crippen molar-refractivity contribution >= 4 is 5.97 Å². The van der Waals surface area contributed by atoms with E-state index >= 15 is 0 Å². The van der Waals surface area contributed by atoms with E-state index in [0.29, 0.717) is 13.0 Å². The topological polar surface area (TPSA) is 160 Å². The van der Waals surface area contributed by atoms with Gasteiger partial charge in [0.1, 0.15) is 23.9 Å². The van der Waals surface area contributed by atoms with E-state index in [9.17, 15) is 25.2 Å². The molecule has 0 amide bonds. The average Bonchev–Trinajstić information content (AvgIpc) is 3.05. The predicted octanol–water partition coefficient (Wildman–Crippen LogP) is 3.18. The van der Waals surface area contributed by atoms with Crippen LogP contribution in [-0.4, -0.2) is 155 Å². The summed E-state index contributed by atoms with van der Waals surface area (Å²) in [7, 11) is 7.50. The predicted molar refractivity (Wildman–Crippen MR) is 197 cm³/mol. The Labute approximate surface area is 313 Å². The van der Waals surface area contributed by atoms with Crippen molar-refractivity contribution in [2.24, 2.45) is 23.7 Å². The molecule has 52 heavy (non-hydrogen) atoms. The Bertz CT molecular complexity index is 1140. The molecule has 3 aliphatic rings. The van der Waals surface area contributed by atoms with E-state index in [1.165, 1.54) is 14.0 Å². The highest BCUT2D eigenvalue weighted by Gasteiger charge is 2.52. The van der Waals surface area contributed by atoms with Crippen LogP contribution in [0.5, 0.6) is 0 Å². The number of carbonyl (C=O) groups excluding carboxylic acids is 1. The van der Waals surface area contributed by atoms with Gasteiger partial charge in [-0.15, -0.1) is 0 Å². The van der Waals surface area contributed by atoms with Crippen molar-refractivity contribution in [2.75, 3.05) is 34.8 Å². The Balaban J connectivity index is 2.17. The molecule has 3 fully saturated rings. The van der Waals surface area contributed by atoms with E-state index in [0.717, 1.165) is 6.42 Å². The molecular weight excluding hydrogens is 672 g/mol. The number of ether oxygens (including phenoxy) is 6. The fourth-order valence-corrected chi connectivity index (χ4v) is 9.06. The van der Waals surface area contributed by atoms with Gasteiger partial charge in [-0.2, -0.15) is 0 Å². The lowest BCUT2D eigenvalue weighted by Crippen LogP contribution is -2.59. The van der Waals surface area contributed by atoms with Gasteiger partial charge in [0.05, 0.1) is 41.5 Å². The minimum Gasteiger partial charge on any atom is -0.459 e. The largest absolute Gasteiger partial charge is 0.459 e. The van der Waals surface area contributed by atoms with Crippen molar-refractivity contribution in [3.8, 4) is 0 Å². The highest BCUT2D eigenvalue weighted by molar-refractivity contribution is 5.73. The summed E-state index contributed by atoms with van der Waals surface area (Å²) in [6, 6.07) is -0.330. The van der Waals surface area contributed by atoms with Crippen molar-refractivity contribution in [1.82, 2.24) is 9.80 Å². The van der Waals surface area contributed by atoms with Crippen LogP contribution in [-0.2, 0) is 33.2 Å². The van der Waals surface area contributed by atoms with Crippen molar-refractivity contribution in [2.45, 2.75) is 186 Å². The molecule has 0 radical (unpaired) electrons. The van der Waals surface area contributed by atoms with E-state index in [1.54, 1.807) is 34.6 Å². The highest BCUT2D eigenvalue weighted by Crippen LogP contribution is 2.41. The van der Waals surface area contributed by atoms with Gasteiger partial charge in [-0.25, -0.2) is 0 Å². The Morgan fingerprint density at radius 3 is 2.10 bits per heavy atom. The van der Waals surface area contributed by atoms with Crippen molar-refractivity contribution in [3.63, 3.8) is 0 Å². The number of hydrogen-bond donors (Lipinski definition) is 4. The van der Waals surface area contributed by atoms with Gasteiger partial charge in [0.15, 0.2) is 12.6 Å². The molecule has 0 spiro atoms. The molecule has 1 unspecified atom stereocenters. The van der Waals surface area contributed by atoms with Gasteiger partial charge in [-0.1, -0.05) is 27.7 Å². The standard InChI is InChI=1S/C39H74N2O11/c1-16-29-39(11,46)32(42)26(7)41(14)20-21(2)18-37(9,45)34(52-36-23(4)28(40(12)13)17-22(3)48-36)24(5)31(25(6)35(44)50-29)51-30-19-38(10,47-15)33(43)27(8)49-30/h21-34,36,42-43,45-46H,16-20H2,1-15H3/t21-,22-,23-,24+,25-,26-,27+,28?,29-,30+,31+,32-,33+,34-,36+,37-,38-,39-/m1/s1. The van der Waals surface area contributed by atoms with Crippen molar-refractivity contribution in [1.29, 1.82) is 0 Å². The van der Waals surface area contributed by atoms with Crippen LogP contribution in [0.2, 0.25) is 0 Å². The molecule has 0 saturated carbocycles. The lowest BCUT2D eigenvalue weighted by atomic mass is 9.77. The molecule has 13 nitrogen and oxygen atoms in total. The van der Waals surface area contributed by atoms with E-state index in [4.69, 9.17) is 28.4 Å². The summed E-state index contributed by atoms with van der Waals surface area (Å²) in [5, 5.41) is 46.8. The minimum atomic E-state index is -1.77. The van der Waals surface area contributed by atoms with Gasteiger partial charge in [0, 0.05) is 44.0 Å². The lowest BCUT2D eigenvalue weighted by Gasteiger charge is -2.49. The zero-order valence-electron chi connectivity index (χ0n) is 34.7. The van der Waals surface area contributed by atoms with E-state index in [-0.39, 0.29) is 36.8 Å². The molecule has 306 valence electrons. The summed E-state index contributed by atoms with van der Waals surface area (Å²) in [6.07, 6.45) is -5.73. The van der Waals surface area contributed by atoms with E-state index in [1.807, 2.05) is 53.7 Å². The number of likely N-dealkylation sites (N-methyl/N-ethyl adjacent to an activating group) is 1. The highest BCUT2D eigenvalue weighted by atomic mass is 16.7. The van der Waals surface area contributed by atoms with Crippen LogP contribution < -0.4 is 0 Å². The second kappa shape index (κ2) is 17.9. The Kier molecular flexibility index (Phi) is 15.6. The second-order valence-corrected chi connectivity index (χ2v) is 17.5. The lowest BCUT2D eigenvalue weighted by molar-refractivity contribution is -0.312. The molecule has 18 atom stereocenters. The minimum absolute atomic E-state index is 0.0440. The van der Waals surface area contributed by atoms with Gasteiger partial charge in [0.25, 0.3) is 0 Å². The van der Waals surface area contributed by atoms with Crippen LogP contribution in [0, 0.1) is 23.7 Å². The molecule has 0 bridgehead atoms. The summed E-state index contributed by atoms with van der Waals surface area (Å²) in [5.41, 5.74) is -4.20. The Morgan fingerprint density at radius 1 is 0.923 bits per heavy atom. The summed E-state index contributed by atoms with van der Waals surface area (Å²) >= 11 is 0. The summed E-state index contributed by atoms with van der Waals surface area (Å²) < 4.78 is 38.2. The van der Waals surface area contributed by atoms with Crippen LogP contribution in [0.15, 0.2) is 0 Å². The quantitative estimate of drug-likeness (QED) is 0.282. The monoisotopic (exact) mass is 747 g/mol. The van der Waals surface area contributed by atoms with Crippen LogP contribution >= 0.6 is 0 Å². The number of aliphatic hydroxyl groups is 4. The molecule has 3 aliphatic heterocycles. The van der Waals surface area contributed by atoms with Crippen molar-refractivity contribution in [3.05, 3.63) is 0 Å². The van der Waals surface area contributed by atoms with Gasteiger partial charge in [-0.05, 0) is 94.8 Å². The maximum absolute atomic E-state index is 14.2. The molecule has 0 aliphatic carbocycles. The molecule has 3 rings (SSSR count).